The van der Waals surface area contributed by atoms with Crippen molar-refractivity contribution in [2.75, 3.05) is 39.3 Å². The van der Waals surface area contributed by atoms with Gasteiger partial charge in [0.15, 0.2) is 0 Å². The maximum absolute atomic E-state index is 11.9. The first kappa shape index (κ1) is 17.7. The standard InChI is InChI=1S/C13H17BrClN3O.ClH/c14-11-2-1-10(9-12(11)15)13(19)17-5-8-18-6-3-16-4-7-18;/h1-2,9,16H,3-8H2,(H,17,19);1H. The summed E-state index contributed by atoms with van der Waals surface area (Å²) in [4.78, 5) is 14.3. The van der Waals surface area contributed by atoms with E-state index in [0.717, 1.165) is 37.2 Å². The van der Waals surface area contributed by atoms with Gasteiger partial charge in [-0.2, -0.15) is 0 Å². The Labute approximate surface area is 138 Å². The topological polar surface area (TPSA) is 44.4 Å². The fourth-order valence-corrected chi connectivity index (χ4v) is 2.43. The number of benzene rings is 1. The minimum absolute atomic E-state index is 0. The third-order valence-electron chi connectivity index (χ3n) is 3.10. The number of rotatable bonds is 4. The SMILES string of the molecule is Cl.O=C(NCCN1CCNCC1)c1ccc(Br)c(Cl)c1. The molecule has 0 saturated carbocycles. The molecule has 1 amide bonds. The van der Waals surface area contributed by atoms with Crippen molar-refractivity contribution >= 4 is 45.8 Å². The van der Waals surface area contributed by atoms with Gasteiger partial charge in [0.1, 0.15) is 0 Å². The molecular weight excluding hydrogens is 365 g/mol. The summed E-state index contributed by atoms with van der Waals surface area (Å²) in [5.41, 5.74) is 0.591. The molecule has 0 atom stereocenters. The Morgan fingerprint density at radius 1 is 1.40 bits per heavy atom. The molecule has 1 aromatic carbocycles. The van der Waals surface area contributed by atoms with Crippen LogP contribution in [0, 0.1) is 0 Å². The van der Waals surface area contributed by atoms with Crippen LogP contribution in [0.2, 0.25) is 5.02 Å². The van der Waals surface area contributed by atoms with Crippen LogP contribution >= 0.6 is 39.9 Å². The molecule has 0 unspecified atom stereocenters. The van der Waals surface area contributed by atoms with Crippen LogP contribution in [0.4, 0.5) is 0 Å². The number of carbonyl (C=O) groups excluding carboxylic acids is 1. The van der Waals surface area contributed by atoms with E-state index in [-0.39, 0.29) is 18.3 Å². The van der Waals surface area contributed by atoms with Crippen molar-refractivity contribution in [1.29, 1.82) is 0 Å². The second kappa shape index (κ2) is 8.85. The van der Waals surface area contributed by atoms with Gasteiger partial charge in [0.2, 0.25) is 0 Å². The van der Waals surface area contributed by atoms with Gasteiger partial charge >= 0.3 is 0 Å². The van der Waals surface area contributed by atoms with Crippen LogP contribution in [0.25, 0.3) is 0 Å². The first-order valence-electron chi connectivity index (χ1n) is 6.33. The van der Waals surface area contributed by atoms with Gasteiger partial charge in [0.25, 0.3) is 5.91 Å². The lowest BCUT2D eigenvalue weighted by Gasteiger charge is -2.27. The summed E-state index contributed by atoms with van der Waals surface area (Å²) in [6.07, 6.45) is 0. The number of nitrogens with one attached hydrogen (secondary N) is 2. The zero-order valence-corrected chi connectivity index (χ0v) is 14.2. The third-order valence-corrected chi connectivity index (χ3v) is 4.34. The maximum atomic E-state index is 11.9. The minimum atomic E-state index is -0.0791. The van der Waals surface area contributed by atoms with Crippen LogP contribution < -0.4 is 10.6 Å². The highest BCUT2D eigenvalue weighted by molar-refractivity contribution is 9.10. The predicted octanol–water partition coefficient (Wildman–Crippen LogP) is 2.16. The summed E-state index contributed by atoms with van der Waals surface area (Å²) in [6, 6.07) is 5.22. The highest BCUT2D eigenvalue weighted by atomic mass is 79.9. The van der Waals surface area contributed by atoms with Crippen molar-refractivity contribution in [1.82, 2.24) is 15.5 Å². The van der Waals surface area contributed by atoms with Gasteiger partial charge in [0, 0.05) is 49.3 Å². The molecule has 20 heavy (non-hydrogen) atoms. The van der Waals surface area contributed by atoms with Gasteiger partial charge in [-0.25, -0.2) is 0 Å². The van der Waals surface area contributed by atoms with Gasteiger partial charge in [-0.05, 0) is 34.1 Å². The lowest BCUT2D eigenvalue weighted by molar-refractivity contribution is 0.0947. The third kappa shape index (κ3) is 5.22. The summed E-state index contributed by atoms with van der Waals surface area (Å²) in [6.45, 7) is 5.68. The second-order valence-corrected chi connectivity index (χ2v) is 5.74. The summed E-state index contributed by atoms with van der Waals surface area (Å²) in [7, 11) is 0. The summed E-state index contributed by atoms with van der Waals surface area (Å²) in [5, 5.41) is 6.77. The van der Waals surface area contributed by atoms with Crippen molar-refractivity contribution in [3.63, 3.8) is 0 Å². The van der Waals surface area contributed by atoms with Crippen LogP contribution in [-0.4, -0.2) is 50.1 Å². The molecule has 1 aromatic rings. The molecular formula is C13H18BrCl2N3O. The number of amides is 1. The molecule has 1 fully saturated rings. The first-order valence-corrected chi connectivity index (χ1v) is 7.50. The molecule has 112 valence electrons. The molecule has 0 aliphatic carbocycles. The highest BCUT2D eigenvalue weighted by Crippen LogP contribution is 2.23. The molecule has 0 spiro atoms. The molecule has 2 N–H and O–H groups in total. The van der Waals surface area contributed by atoms with Gasteiger partial charge < -0.3 is 10.6 Å². The molecule has 1 aliphatic heterocycles. The Balaban J connectivity index is 0.00000200. The van der Waals surface area contributed by atoms with E-state index in [2.05, 4.69) is 31.5 Å². The predicted molar refractivity (Wildman–Crippen MR) is 88.0 cm³/mol. The fourth-order valence-electron chi connectivity index (χ4n) is 2.00. The zero-order chi connectivity index (χ0) is 13.7. The van der Waals surface area contributed by atoms with Crippen molar-refractivity contribution < 1.29 is 4.79 Å². The molecule has 0 aromatic heterocycles. The van der Waals surface area contributed by atoms with E-state index >= 15 is 0 Å². The average molecular weight is 383 g/mol. The lowest BCUT2D eigenvalue weighted by atomic mass is 10.2. The van der Waals surface area contributed by atoms with Crippen LogP contribution in [0.15, 0.2) is 22.7 Å². The van der Waals surface area contributed by atoms with Crippen LogP contribution in [-0.2, 0) is 0 Å². The van der Waals surface area contributed by atoms with Gasteiger partial charge in [-0.1, -0.05) is 11.6 Å². The van der Waals surface area contributed by atoms with Crippen LogP contribution in [0.1, 0.15) is 10.4 Å². The molecule has 1 aliphatic rings. The Bertz CT molecular complexity index is 453. The Morgan fingerprint density at radius 2 is 2.10 bits per heavy atom. The summed E-state index contributed by atoms with van der Waals surface area (Å²) >= 11 is 9.28. The van der Waals surface area contributed by atoms with E-state index in [1.54, 1.807) is 18.2 Å². The van der Waals surface area contributed by atoms with Crippen LogP contribution in [0.5, 0.6) is 0 Å². The van der Waals surface area contributed by atoms with Crippen molar-refractivity contribution in [3.05, 3.63) is 33.3 Å². The second-order valence-electron chi connectivity index (χ2n) is 4.48. The number of carbonyl (C=O) groups is 1. The average Bonchev–Trinajstić information content (AvgIpc) is 2.43. The number of halogens is 3. The van der Waals surface area contributed by atoms with E-state index in [1.165, 1.54) is 0 Å². The Morgan fingerprint density at radius 3 is 2.75 bits per heavy atom. The molecule has 0 radical (unpaired) electrons. The van der Waals surface area contributed by atoms with E-state index in [4.69, 9.17) is 11.6 Å². The quantitative estimate of drug-likeness (QED) is 0.838. The van der Waals surface area contributed by atoms with Gasteiger partial charge in [0.05, 0.1) is 5.02 Å². The number of hydrogen-bond donors (Lipinski definition) is 2. The fraction of sp³-hybridized carbons (Fsp3) is 0.462. The smallest absolute Gasteiger partial charge is 0.251 e. The summed E-state index contributed by atoms with van der Waals surface area (Å²) in [5.74, 6) is -0.0791. The number of nitrogens with zero attached hydrogens (tertiary/aromatic N) is 1. The Kier molecular flexibility index (Phi) is 7.84. The number of hydrogen-bond acceptors (Lipinski definition) is 3. The molecule has 7 heteroatoms. The molecule has 0 bridgehead atoms. The maximum Gasteiger partial charge on any atom is 0.251 e. The summed E-state index contributed by atoms with van der Waals surface area (Å²) < 4.78 is 0.798. The largest absolute Gasteiger partial charge is 0.351 e. The minimum Gasteiger partial charge on any atom is -0.351 e. The molecule has 1 heterocycles. The normalized spacial score (nSPS) is 15.5. The molecule has 1 saturated heterocycles. The monoisotopic (exact) mass is 381 g/mol. The van der Waals surface area contributed by atoms with Crippen molar-refractivity contribution in [2.45, 2.75) is 0 Å². The lowest BCUT2D eigenvalue weighted by Crippen LogP contribution is -2.46. The van der Waals surface area contributed by atoms with E-state index in [9.17, 15) is 4.79 Å². The zero-order valence-electron chi connectivity index (χ0n) is 11.0. The Hall–Kier alpha value is -0.330. The van der Waals surface area contributed by atoms with Gasteiger partial charge in [-0.3, -0.25) is 9.69 Å². The van der Waals surface area contributed by atoms with E-state index in [0.29, 0.717) is 17.1 Å². The van der Waals surface area contributed by atoms with Crippen molar-refractivity contribution in [3.8, 4) is 0 Å². The number of piperazine rings is 1. The van der Waals surface area contributed by atoms with Gasteiger partial charge in [-0.15, -0.1) is 12.4 Å². The van der Waals surface area contributed by atoms with Crippen molar-refractivity contribution in [2.24, 2.45) is 0 Å². The van der Waals surface area contributed by atoms with Crippen LogP contribution in [0.3, 0.4) is 0 Å². The molecule has 4 nitrogen and oxygen atoms in total. The van der Waals surface area contributed by atoms with E-state index < -0.39 is 0 Å². The molecule has 2 rings (SSSR count). The highest BCUT2D eigenvalue weighted by Gasteiger charge is 2.10. The van der Waals surface area contributed by atoms with E-state index in [1.807, 2.05) is 0 Å². The first-order chi connectivity index (χ1) is 9.16.